The van der Waals surface area contributed by atoms with E-state index in [2.05, 4.69) is 33.1 Å². The van der Waals surface area contributed by atoms with E-state index in [0.29, 0.717) is 10.8 Å². The van der Waals surface area contributed by atoms with Crippen molar-refractivity contribution in [3.8, 4) is 0 Å². The van der Waals surface area contributed by atoms with Gasteiger partial charge in [0.1, 0.15) is 0 Å². The Morgan fingerprint density at radius 1 is 0.892 bits per heavy atom. The molecule has 2 aliphatic carbocycles. The van der Waals surface area contributed by atoms with Crippen LogP contribution in [0.25, 0.3) is 0 Å². The minimum Gasteiger partial charge on any atom is -0.0312 e. The molecule has 2 fully saturated rings. The first kappa shape index (κ1) is 37.8. The van der Waals surface area contributed by atoms with Crippen molar-refractivity contribution in [2.75, 3.05) is 0 Å². The van der Waals surface area contributed by atoms with Gasteiger partial charge in [0.05, 0.1) is 4.90 Å². The predicted molar refractivity (Wildman–Crippen MR) is 135 cm³/mol. The van der Waals surface area contributed by atoms with Crippen LogP contribution >= 0.6 is 0 Å². The number of benzene rings is 1. The Bertz CT molecular complexity index is 896. The summed E-state index contributed by atoms with van der Waals surface area (Å²) in [5.41, 5.74) is 2.31. The van der Waals surface area contributed by atoms with Crippen LogP contribution in [0.1, 0.15) is 70.3 Å². The molecular formula is C29H35NO5SW+. The minimum absolute atomic E-state index is 0. The molecule has 0 saturated heterocycles. The Morgan fingerprint density at radius 2 is 1.43 bits per heavy atom. The van der Waals surface area contributed by atoms with Gasteiger partial charge in [0.2, 0.25) is 10.0 Å². The number of rotatable bonds is 7. The van der Waals surface area contributed by atoms with Crippen LogP contribution in [0.3, 0.4) is 0 Å². The third-order valence-corrected chi connectivity index (χ3v) is 7.91. The Morgan fingerprint density at radius 3 is 1.95 bits per heavy atom. The molecule has 1 aliphatic heterocycles. The van der Waals surface area contributed by atoms with Crippen molar-refractivity contribution in [1.82, 2.24) is 4.31 Å². The third-order valence-electron chi connectivity index (χ3n) is 6.17. The van der Waals surface area contributed by atoms with Crippen LogP contribution < -0.4 is 0 Å². The maximum Gasteiger partial charge on any atom is 2.00 e. The van der Waals surface area contributed by atoms with Gasteiger partial charge in [-0.3, -0.25) is 0 Å². The molecule has 1 aromatic rings. The standard InChI is InChI=1S/C21H30NO2S.C5H5.3CO.W/c1-3-4-5-6-11-21-20-10-8-7-9-18(20)16-22(21)25(23,24)19-14-12-17(2)13-15-19;1-2-4-5-3-1;3*1-2;/h12-15,20-21H,3-11H2,1-2H3;1-5H;;;;/q-1;;;;;+2/t20-,21-;;;;;/m0...../s1. The normalized spacial score (nSPS) is 19.2. The minimum atomic E-state index is -3.50. The van der Waals surface area contributed by atoms with Gasteiger partial charge in [-0.2, -0.15) is 0 Å². The van der Waals surface area contributed by atoms with Crippen LogP contribution in [-0.4, -0.2) is 18.8 Å². The Balaban J connectivity index is 0. The molecule has 0 unspecified atom stereocenters. The smallest absolute Gasteiger partial charge is 0.0312 e. The van der Waals surface area contributed by atoms with Crippen LogP contribution in [0.5, 0.6) is 0 Å². The van der Waals surface area contributed by atoms with E-state index < -0.39 is 10.0 Å². The number of hydrogen-bond acceptors (Lipinski definition) is 2. The van der Waals surface area contributed by atoms with E-state index >= 15 is 0 Å². The van der Waals surface area contributed by atoms with E-state index in [1.165, 1.54) is 37.7 Å². The van der Waals surface area contributed by atoms with Crippen molar-refractivity contribution in [2.24, 2.45) is 5.92 Å². The number of nitrogens with zero attached hydrogens (tertiary/aromatic N) is 1. The molecule has 2 saturated carbocycles. The van der Waals surface area contributed by atoms with Crippen molar-refractivity contribution in [3.05, 3.63) is 93.7 Å². The van der Waals surface area contributed by atoms with E-state index in [9.17, 15) is 8.42 Å². The van der Waals surface area contributed by atoms with Gasteiger partial charge < -0.3 is 10.5 Å². The molecule has 197 valence electrons. The van der Waals surface area contributed by atoms with Gasteiger partial charge in [-0.05, 0) is 69.9 Å². The number of hydrogen-bond donors (Lipinski definition) is 0. The summed E-state index contributed by atoms with van der Waals surface area (Å²) in [6.07, 6.45) is 23.5. The first-order valence-electron chi connectivity index (χ1n) is 12.1. The molecule has 0 N–H and O–H groups in total. The molecule has 0 spiro atoms. The van der Waals surface area contributed by atoms with Crippen LogP contribution in [0.15, 0.2) is 34.7 Å². The number of sulfonamides is 1. The molecule has 2 atom stereocenters. The molecule has 1 aromatic carbocycles. The van der Waals surface area contributed by atoms with Gasteiger partial charge in [-0.15, -0.1) is 0 Å². The van der Waals surface area contributed by atoms with Crippen LogP contribution in [0.4, 0.5) is 0 Å². The molecule has 0 amide bonds. The summed E-state index contributed by atoms with van der Waals surface area (Å²) in [6, 6.07) is 7.28. The zero-order valence-electron chi connectivity index (χ0n) is 21.5. The quantitative estimate of drug-likeness (QED) is 0.196. The maximum atomic E-state index is 13.2. The van der Waals surface area contributed by atoms with Crippen molar-refractivity contribution in [2.45, 2.75) is 82.6 Å². The number of unbranched alkanes of at least 4 members (excludes halogenated alkanes) is 3. The molecule has 0 bridgehead atoms. The summed E-state index contributed by atoms with van der Waals surface area (Å²) in [6.45, 7) is 17.7. The second kappa shape index (κ2) is 22.6. The summed E-state index contributed by atoms with van der Waals surface area (Å²) in [5, 5.41) is 0. The number of aryl methyl sites for hydroxylation is 1. The maximum absolute atomic E-state index is 13.2. The van der Waals surface area contributed by atoms with Gasteiger partial charge in [0.25, 0.3) is 0 Å². The molecule has 5 radical (unpaired) electrons. The van der Waals surface area contributed by atoms with Gasteiger partial charge >= 0.3 is 55.0 Å². The monoisotopic (exact) mass is 693 g/mol. The van der Waals surface area contributed by atoms with Crippen LogP contribution in [0.2, 0.25) is 0 Å². The second-order valence-corrected chi connectivity index (χ2v) is 10.3. The second-order valence-electron chi connectivity index (χ2n) is 8.48. The van der Waals surface area contributed by atoms with Crippen LogP contribution in [-0.2, 0) is 45.0 Å². The fraction of sp³-hybridized carbons (Fsp3) is 0.448. The van der Waals surface area contributed by atoms with Crippen molar-refractivity contribution < 1.29 is 43.4 Å². The molecule has 1 heterocycles. The van der Waals surface area contributed by atoms with E-state index in [1.54, 1.807) is 16.4 Å². The molecule has 6 nitrogen and oxygen atoms in total. The summed E-state index contributed by atoms with van der Waals surface area (Å²) < 4.78 is 50.6. The SMILES string of the molecule is CCCCCC[C@H]1[C@H]2CCCCC2=[C-]N1S(=O)(=O)c1ccc(C)cc1.[C-]#[O+].[C-]#[O+].[C-]#[O+].[CH]1[CH][CH][CH][CH]1.[W+2]. The fourth-order valence-electron chi connectivity index (χ4n) is 4.47. The summed E-state index contributed by atoms with van der Waals surface area (Å²) in [5.74, 6) is 0.385. The summed E-state index contributed by atoms with van der Waals surface area (Å²) in [7, 11) is -3.50. The average Bonchev–Trinajstić information content (AvgIpc) is 3.63. The van der Waals surface area contributed by atoms with Crippen molar-refractivity contribution in [3.63, 3.8) is 0 Å². The molecule has 37 heavy (non-hydrogen) atoms. The zero-order valence-corrected chi connectivity index (χ0v) is 25.3. The largest absolute Gasteiger partial charge is 2.00 e. The zero-order chi connectivity index (χ0) is 27.4. The van der Waals surface area contributed by atoms with E-state index in [1.807, 2.05) is 51.2 Å². The first-order chi connectivity index (χ1) is 17.5. The Kier molecular flexibility index (Phi) is 23.1. The average molecular weight is 694 g/mol. The van der Waals surface area contributed by atoms with E-state index in [4.69, 9.17) is 14.0 Å². The number of fused-ring (bicyclic) bond motifs is 1. The summed E-state index contributed by atoms with van der Waals surface area (Å²) >= 11 is 0. The van der Waals surface area contributed by atoms with E-state index in [-0.39, 0.29) is 27.1 Å². The van der Waals surface area contributed by atoms with Gasteiger partial charge in [0, 0.05) is 6.04 Å². The van der Waals surface area contributed by atoms with Crippen molar-refractivity contribution in [1.29, 1.82) is 0 Å². The summed E-state index contributed by atoms with van der Waals surface area (Å²) in [4.78, 5) is 0.392. The topological polar surface area (TPSA) is 97.1 Å². The molecule has 3 aliphatic rings. The predicted octanol–water partition coefficient (Wildman–Crippen LogP) is 6.12. The van der Waals surface area contributed by atoms with Gasteiger partial charge in [-0.25, -0.2) is 14.0 Å². The van der Waals surface area contributed by atoms with Crippen LogP contribution in [0, 0.1) is 71.1 Å². The van der Waals surface area contributed by atoms with E-state index in [0.717, 1.165) is 31.2 Å². The Hall–Kier alpha value is -1.38. The molecule has 0 aromatic heterocycles. The molecular weight excluding hydrogens is 658 g/mol. The molecule has 8 heteroatoms. The van der Waals surface area contributed by atoms with Gasteiger partial charge in [0.15, 0.2) is 0 Å². The Labute approximate surface area is 239 Å². The first-order valence-corrected chi connectivity index (χ1v) is 13.5. The van der Waals surface area contributed by atoms with Gasteiger partial charge in [-0.1, -0.05) is 69.6 Å². The molecule has 4 rings (SSSR count). The fourth-order valence-corrected chi connectivity index (χ4v) is 6.03. The van der Waals surface area contributed by atoms with Crippen molar-refractivity contribution >= 4 is 10.0 Å². The third kappa shape index (κ3) is 12.3.